The summed E-state index contributed by atoms with van der Waals surface area (Å²) in [5.74, 6) is -0.612. The molecule has 1 saturated carbocycles. The van der Waals surface area contributed by atoms with E-state index in [2.05, 4.69) is 15.3 Å². The maximum Gasteiger partial charge on any atom is 0.267 e. The van der Waals surface area contributed by atoms with Gasteiger partial charge in [-0.25, -0.2) is 9.37 Å². The third-order valence-corrected chi connectivity index (χ3v) is 5.60. The van der Waals surface area contributed by atoms with Crippen LogP contribution in [0.25, 0.3) is 10.2 Å². The lowest BCUT2D eigenvalue weighted by atomic mass is 9.92. The fourth-order valence-electron chi connectivity index (χ4n) is 3.55. The van der Waals surface area contributed by atoms with Gasteiger partial charge in [0.05, 0.1) is 10.2 Å². The molecule has 3 aromatic rings. The molecule has 2 heterocycles. The van der Waals surface area contributed by atoms with E-state index in [1.54, 1.807) is 12.3 Å². The Morgan fingerprint density at radius 1 is 1.32 bits per heavy atom. The molecular formula is C18H17FN4OS. The van der Waals surface area contributed by atoms with Crippen molar-refractivity contribution in [1.29, 1.82) is 0 Å². The fraction of sp³-hybridized carbons (Fsp3) is 0.278. The van der Waals surface area contributed by atoms with Crippen molar-refractivity contribution < 1.29 is 9.18 Å². The van der Waals surface area contributed by atoms with Gasteiger partial charge in [-0.3, -0.25) is 9.78 Å². The molecule has 0 saturated heterocycles. The highest BCUT2D eigenvalue weighted by Gasteiger charge is 2.32. The van der Waals surface area contributed by atoms with Gasteiger partial charge in [-0.05, 0) is 42.7 Å². The smallest absolute Gasteiger partial charge is 0.267 e. The largest absolute Gasteiger partial charge is 0.364 e. The average molecular weight is 356 g/mol. The number of halogens is 1. The summed E-state index contributed by atoms with van der Waals surface area (Å²) in [7, 11) is 0. The number of rotatable bonds is 4. The minimum absolute atomic E-state index is 0.146. The molecule has 2 atom stereocenters. The van der Waals surface area contributed by atoms with Gasteiger partial charge in [0.1, 0.15) is 11.5 Å². The van der Waals surface area contributed by atoms with Gasteiger partial charge in [0, 0.05) is 18.2 Å². The number of fused-ring (bicyclic) bond motifs is 1. The van der Waals surface area contributed by atoms with E-state index in [4.69, 9.17) is 5.73 Å². The van der Waals surface area contributed by atoms with Crippen LogP contribution in [0.3, 0.4) is 0 Å². The van der Waals surface area contributed by atoms with Gasteiger partial charge in [-0.15, -0.1) is 0 Å². The van der Waals surface area contributed by atoms with E-state index in [0.717, 1.165) is 40.2 Å². The van der Waals surface area contributed by atoms with Crippen molar-refractivity contribution in [1.82, 2.24) is 9.97 Å². The van der Waals surface area contributed by atoms with Crippen molar-refractivity contribution in [3.05, 3.63) is 53.6 Å². The minimum atomic E-state index is -0.503. The van der Waals surface area contributed by atoms with Crippen LogP contribution in [0, 0.1) is 5.82 Å². The average Bonchev–Trinajstić information content (AvgIpc) is 3.21. The number of carbonyl (C=O) groups excluding carboxylic acids is 1. The lowest BCUT2D eigenvalue weighted by Gasteiger charge is -2.22. The van der Waals surface area contributed by atoms with Crippen LogP contribution in [-0.2, 0) is 0 Å². The lowest BCUT2D eigenvalue weighted by molar-refractivity contribution is 0.0994. The van der Waals surface area contributed by atoms with Gasteiger partial charge in [0.2, 0.25) is 0 Å². The number of pyridine rings is 1. The summed E-state index contributed by atoms with van der Waals surface area (Å²) in [6.45, 7) is 0. The quantitative estimate of drug-likeness (QED) is 0.747. The van der Waals surface area contributed by atoms with Gasteiger partial charge < -0.3 is 11.1 Å². The number of carbonyl (C=O) groups is 1. The summed E-state index contributed by atoms with van der Waals surface area (Å²) < 4.78 is 14.2. The first kappa shape index (κ1) is 16.0. The Balaban J connectivity index is 1.62. The SMILES string of the molecule is NC(=O)c1ncccc1[C@@H]1CCC[C@@H]1Nc1nc2ccc(F)cc2s1. The number of aromatic nitrogens is 2. The Labute approximate surface area is 148 Å². The van der Waals surface area contributed by atoms with Gasteiger partial charge in [-0.1, -0.05) is 23.8 Å². The van der Waals surface area contributed by atoms with E-state index in [-0.39, 0.29) is 17.8 Å². The summed E-state index contributed by atoms with van der Waals surface area (Å²) >= 11 is 1.44. The molecule has 1 aromatic carbocycles. The molecule has 1 fully saturated rings. The third-order valence-electron chi connectivity index (χ3n) is 4.65. The Bertz CT molecular complexity index is 942. The number of hydrogen-bond acceptors (Lipinski definition) is 5. The number of nitrogens with one attached hydrogen (secondary N) is 1. The van der Waals surface area contributed by atoms with Crippen LogP contribution in [0.4, 0.5) is 9.52 Å². The molecule has 25 heavy (non-hydrogen) atoms. The van der Waals surface area contributed by atoms with Crippen molar-refractivity contribution in [3.8, 4) is 0 Å². The van der Waals surface area contributed by atoms with E-state index in [9.17, 15) is 9.18 Å². The maximum absolute atomic E-state index is 13.4. The predicted octanol–water partition coefficient (Wildman–Crippen LogP) is 3.68. The van der Waals surface area contributed by atoms with Crippen molar-refractivity contribution in [3.63, 3.8) is 0 Å². The Morgan fingerprint density at radius 3 is 3.04 bits per heavy atom. The molecule has 1 aliphatic rings. The first-order chi connectivity index (χ1) is 12.1. The fourth-order valence-corrected chi connectivity index (χ4v) is 4.50. The van der Waals surface area contributed by atoms with Gasteiger partial charge >= 0.3 is 0 Å². The van der Waals surface area contributed by atoms with Crippen molar-refractivity contribution >= 4 is 32.6 Å². The molecule has 1 amide bonds. The molecule has 128 valence electrons. The number of anilines is 1. The van der Waals surface area contributed by atoms with Crippen LogP contribution in [0.5, 0.6) is 0 Å². The molecule has 0 spiro atoms. The molecule has 0 aliphatic heterocycles. The summed E-state index contributed by atoms with van der Waals surface area (Å²) in [5.41, 5.74) is 7.48. The predicted molar refractivity (Wildman–Crippen MR) is 96.3 cm³/mol. The molecule has 4 rings (SSSR count). The van der Waals surface area contributed by atoms with Crippen LogP contribution < -0.4 is 11.1 Å². The highest BCUT2D eigenvalue weighted by molar-refractivity contribution is 7.22. The Hall–Kier alpha value is -2.54. The maximum atomic E-state index is 13.4. The number of nitrogens with two attached hydrogens (primary N) is 1. The zero-order valence-corrected chi connectivity index (χ0v) is 14.2. The van der Waals surface area contributed by atoms with Gasteiger partial charge in [-0.2, -0.15) is 0 Å². The first-order valence-electron chi connectivity index (χ1n) is 8.19. The standard InChI is InChI=1S/C18H17FN4OS/c19-10-6-7-14-15(9-10)25-18(23-14)22-13-5-1-3-11(13)12-4-2-8-21-16(12)17(20)24/h2,4,6-9,11,13H,1,3,5H2,(H2,20,24)(H,22,23)/t11-,13-/m0/s1. The number of primary amides is 1. The number of benzene rings is 1. The molecular weight excluding hydrogens is 339 g/mol. The summed E-state index contributed by atoms with van der Waals surface area (Å²) in [6, 6.07) is 8.50. The van der Waals surface area contributed by atoms with Crippen LogP contribution in [0.15, 0.2) is 36.5 Å². The highest BCUT2D eigenvalue weighted by atomic mass is 32.1. The highest BCUT2D eigenvalue weighted by Crippen LogP contribution is 2.38. The Kier molecular flexibility index (Phi) is 4.09. The molecule has 2 aromatic heterocycles. The lowest BCUT2D eigenvalue weighted by Crippen LogP contribution is -2.25. The molecule has 5 nitrogen and oxygen atoms in total. The summed E-state index contributed by atoms with van der Waals surface area (Å²) in [5, 5.41) is 4.24. The third kappa shape index (κ3) is 3.07. The zero-order valence-electron chi connectivity index (χ0n) is 13.4. The van der Waals surface area contributed by atoms with Crippen molar-refractivity contribution in [2.24, 2.45) is 5.73 Å². The van der Waals surface area contributed by atoms with Crippen LogP contribution >= 0.6 is 11.3 Å². The van der Waals surface area contributed by atoms with E-state index in [1.165, 1.54) is 23.5 Å². The minimum Gasteiger partial charge on any atom is -0.364 e. The van der Waals surface area contributed by atoms with E-state index >= 15 is 0 Å². The number of hydrogen-bond donors (Lipinski definition) is 2. The summed E-state index contributed by atoms with van der Waals surface area (Å²) in [4.78, 5) is 20.4. The number of thiazole rings is 1. The van der Waals surface area contributed by atoms with Gasteiger partial charge in [0.25, 0.3) is 5.91 Å². The zero-order chi connectivity index (χ0) is 17.4. The molecule has 3 N–H and O–H groups in total. The number of amides is 1. The Morgan fingerprint density at radius 2 is 2.20 bits per heavy atom. The van der Waals surface area contributed by atoms with E-state index in [1.807, 2.05) is 12.1 Å². The summed E-state index contributed by atoms with van der Waals surface area (Å²) in [6.07, 6.45) is 4.57. The molecule has 1 aliphatic carbocycles. The van der Waals surface area contributed by atoms with Gasteiger partial charge in [0.15, 0.2) is 5.13 Å². The molecule has 0 radical (unpaired) electrons. The molecule has 0 bridgehead atoms. The van der Waals surface area contributed by atoms with Crippen LogP contribution in [0.1, 0.15) is 41.2 Å². The second-order valence-electron chi connectivity index (χ2n) is 6.22. The van der Waals surface area contributed by atoms with Crippen LogP contribution in [-0.4, -0.2) is 21.9 Å². The van der Waals surface area contributed by atoms with Crippen molar-refractivity contribution in [2.45, 2.75) is 31.2 Å². The topological polar surface area (TPSA) is 80.9 Å². The van der Waals surface area contributed by atoms with E-state index < -0.39 is 5.91 Å². The monoisotopic (exact) mass is 356 g/mol. The molecule has 0 unspecified atom stereocenters. The molecule has 7 heteroatoms. The number of nitrogens with zero attached hydrogens (tertiary/aromatic N) is 2. The van der Waals surface area contributed by atoms with Crippen LogP contribution in [0.2, 0.25) is 0 Å². The second-order valence-corrected chi connectivity index (χ2v) is 7.26. The van der Waals surface area contributed by atoms with Crippen molar-refractivity contribution in [2.75, 3.05) is 5.32 Å². The first-order valence-corrected chi connectivity index (χ1v) is 9.01. The normalized spacial score (nSPS) is 20.0. The van der Waals surface area contributed by atoms with E-state index in [0.29, 0.717) is 5.69 Å². The second kappa shape index (κ2) is 6.40.